The van der Waals surface area contributed by atoms with E-state index in [9.17, 15) is 0 Å². The molecule has 0 aliphatic rings. The Morgan fingerprint density at radius 1 is 0.810 bits per heavy atom. The molecule has 0 aliphatic heterocycles. The van der Waals surface area contributed by atoms with Gasteiger partial charge in [-0.25, -0.2) is 0 Å². The van der Waals surface area contributed by atoms with Crippen molar-refractivity contribution < 1.29 is 4.74 Å². The van der Waals surface area contributed by atoms with Crippen LogP contribution in [0.1, 0.15) is 102 Å². The van der Waals surface area contributed by atoms with E-state index in [-0.39, 0.29) is 6.10 Å². The van der Waals surface area contributed by atoms with Gasteiger partial charge in [-0.05, 0) is 53.9 Å². The third kappa shape index (κ3) is 4.36. The van der Waals surface area contributed by atoms with Gasteiger partial charge in [-0.1, -0.05) is 59.8 Å². The van der Waals surface area contributed by atoms with Crippen LogP contribution in [0.15, 0.2) is 24.5 Å². The fourth-order valence-electron chi connectivity index (χ4n) is 2.75. The van der Waals surface area contributed by atoms with E-state index < -0.39 is 0 Å². The largest absolute Gasteiger partial charge is 0.494 e. The van der Waals surface area contributed by atoms with Crippen molar-refractivity contribution in [2.45, 2.75) is 79.2 Å². The van der Waals surface area contributed by atoms with Crippen LogP contribution in [-0.2, 0) is 4.74 Å². The zero-order chi connectivity index (χ0) is 16.2. The maximum Gasteiger partial charge on any atom is 0.121 e. The third-order valence-corrected chi connectivity index (χ3v) is 4.00. The van der Waals surface area contributed by atoms with E-state index in [2.05, 4.69) is 60.6 Å². The number of rotatable bonds is 6. The summed E-state index contributed by atoms with van der Waals surface area (Å²) in [5.74, 6) is 1.57. The van der Waals surface area contributed by atoms with Gasteiger partial charge >= 0.3 is 0 Å². The van der Waals surface area contributed by atoms with E-state index >= 15 is 0 Å². The van der Waals surface area contributed by atoms with E-state index in [1.54, 1.807) is 6.26 Å². The van der Waals surface area contributed by atoms with E-state index in [1.807, 2.05) is 13.0 Å². The normalized spacial score (nSPS) is 13.7. The molecule has 0 unspecified atom stereocenters. The summed E-state index contributed by atoms with van der Waals surface area (Å²) < 4.78 is 5.88. The molecule has 1 heteroatoms. The first-order valence-electron chi connectivity index (χ1n) is 8.23. The predicted molar refractivity (Wildman–Crippen MR) is 93.0 cm³/mol. The van der Waals surface area contributed by atoms with Crippen molar-refractivity contribution in [1.82, 2.24) is 0 Å². The summed E-state index contributed by atoms with van der Waals surface area (Å²) in [7, 11) is 0. The molecule has 1 aromatic carbocycles. The Hall–Kier alpha value is -1.24. The molecule has 0 saturated heterocycles. The molecule has 0 aliphatic carbocycles. The molecule has 0 aromatic heterocycles. The first-order valence-corrected chi connectivity index (χ1v) is 8.23. The molecular weight excluding hydrogens is 256 g/mol. The monoisotopic (exact) mass is 288 g/mol. The minimum Gasteiger partial charge on any atom is -0.494 e. The second-order valence-corrected chi connectivity index (χ2v) is 6.82. The Morgan fingerprint density at radius 3 is 1.62 bits per heavy atom. The fourth-order valence-corrected chi connectivity index (χ4v) is 2.75. The van der Waals surface area contributed by atoms with Gasteiger partial charge < -0.3 is 4.74 Å². The lowest BCUT2D eigenvalue weighted by molar-refractivity contribution is 0.161. The first-order chi connectivity index (χ1) is 9.79. The van der Waals surface area contributed by atoms with Gasteiger partial charge in [-0.15, -0.1) is 0 Å². The highest BCUT2D eigenvalue weighted by Gasteiger charge is 2.21. The van der Waals surface area contributed by atoms with Crippen LogP contribution >= 0.6 is 0 Å². The number of benzene rings is 1. The summed E-state index contributed by atoms with van der Waals surface area (Å²) in [5, 5.41) is 0. The zero-order valence-corrected chi connectivity index (χ0v) is 15.0. The van der Waals surface area contributed by atoms with E-state index in [0.29, 0.717) is 17.8 Å². The molecule has 0 saturated carbocycles. The highest BCUT2D eigenvalue weighted by molar-refractivity contribution is 5.44. The third-order valence-electron chi connectivity index (χ3n) is 4.00. The molecule has 0 bridgehead atoms. The average molecular weight is 288 g/mol. The Labute approximate surface area is 131 Å². The summed E-state index contributed by atoms with van der Waals surface area (Å²) in [5.41, 5.74) is 5.68. The Balaban J connectivity index is 3.49. The van der Waals surface area contributed by atoms with Gasteiger partial charge in [0.2, 0.25) is 0 Å². The maximum atomic E-state index is 5.88. The van der Waals surface area contributed by atoms with Crippen LogP contribution in [0.3, 0.4) is 0 Å². The van der Waals surface area contributed by atoms with E-state index in [0.717, 1.165) is 0 Å². The van der Waals surface area contributed by atoms with Gasteiger partial charge in [-0.3, -0.25) is 0 Å². The molecule has 0 N–H and O–H groups in total. The number of hydrogen-bond donors (Lipinski definition) is 0. The Kier molecular flexibility index (Phi) is 6.51. The van der Waals surface area contributed by atoms with Crippen LogP contribution in [0.4, 0.5) is 0 Å². The first kappa shape index (κ1) is 17.8. The lowest BCUT2D eigenvalue weighted by atomic mass is 9.82. The second kappa shape index (κ2) is 7.68. The summed E-state index contributed by atoms with van der Waals surface area (Å²) in [6.45, 7) is 17.8. The van der Waals surface area contributed by atoms with Gasteiger partial charge in [-0.2, -0.15) is 0 Å². The molecule has 118 valence electrons. The summed E-state index contributed by atoms with van der Waals surface area (Å²) in [4.78, 5) is 0. The van der Waals surface area contributed by atoms with Gasteiger partial charge in [0.05, 0.1) is 6.26 Å². The van der Waals surface area contributed by atoms with Crippen LogP contribution in [-0.4, -0.2) is 0 Å². The molecule has 0 radical (unpaired) electrons. The van der Waals surface area contributed by atoms with Gasteiger partial charge in [0.1, 0.15) is 6.10 Å². The minimum absolute atomic E-state index is 0.0946. The summed E-state index contributed by atoms with van der Waals surface area (Å²) in [6, 6.07) is 4.76. The number of hydrogen-bond acceptors (Lipinski definition) is 1. The van der Waals surface area contributed by atoms with E-state index in [1.165, 1.54) is 22.3 Å². The molecule has 21 heavy (non-hydrogen) atoms. The van der Waals surface area contributed by atoms with Crippen molar-refractivity contribution in [3.05, 3.63) is 46.7 Å². The smallest absolute Gasteiger partial charge is 0.121 e. The van der Waals surface area contributed by atoms with Crippen molar-refractivity contribution in [2.24, 2.45) is 0 Å². The SMILES string of the molecule is C/C=C/O[C@@H](C)c1c(C(C)C)cc(C(C)C)cc1C(C)C. The predicted octanol–water partition coefficient (Wildman–Crippen LogP) is 6.67. The lowest BCUT2D eigenvalue weighted by Crippen LogP contribution is -2.10. The lowest BCUT2D eigenvalue weighted by Gasteiger charge is -2.26. The average Bonchev–Trinajstić information content (AvgIpc) is 2.42. The summed E-state index contributed by atoms with van der Waals surface area (Å²) >= 11 is 0. The molecule has 1 rings (SSSR count). The minimum atomic E-state index is 0.0946. The van der Waals surface area contributed by atoms with Gasteiger partial charge in [0.15, 0.2) is 0 Å². The zero-order valence-electron chi connectivity index (χ0n) is 15.0. The summed E-state index contributed by atoms with van der Waals surface area (Å²) in [6.07, 6.45) is 3.84. The van der Waals surface area contributed by atoms with Crippen molar-refractivity contribution in [3.8, 4) is 0 Å². The molecular formula is C20H32O. The van der Waals surface area contributed by atoms with Crippen molar-refractivity contribution in [3.63, 3.8) is 0 Å². The van der Waals surface area contributed by atoms with Crippen LogP contribution < -0.4 is 0 Å². The topological polar surface area (TPSA) is 9.23 Å². The van der Waals surface area contributed by atoms with Crippen molar-refractivity contribution in [2.75, 3.05) is 0 Å². The maximum absolute atomic E-state index is 5.88. The Bertz CT molecular complexity index is 452. The van der Waals surface area contributed by atoms with Gasteiger partial charge in [0.25, 0.3) is 0 Å². The van der Waals surface area contributed by atoms with Crippen LogP contribution in [0.5, 0.6) is 0 Å². The number of ether oxygens (including phenoxy) is 1. The van der Waals surface area contributed by atoms with Crippen LogP contribution in [0.25, 0.3) is 0 Å². The van der Waals surface area contributed by atoms with Crippen molar-refractivity contribution >= 4 is 0 Å². The van der Waals surface area contributed by atoms with Crippen molar-refractivity contribution in [1.29, 1.82) is 0 Å². The Morgan fingerprint density at radius 2 is 1.29 bits per heavy atom. The quantitative estimate of drug-likeness (QED) is 0.531. The number of allylic oxidation sites excluding steroid dienone is 1. The molecule has 0 fully saturated rings. The molecule has 1 nitrogen and oxygen atoms in total. The molecule has 0 amide bonds. The van der Waals surface area contributed by atoms with Crippen LogP contribution in [0.2, 0.25) is 0 Å². The fraction of sp³-hybridized carbons (Fsp3) is 0.600. The highest BCUT2D eigenvalue weighted by atomic mass is 16.5. The standard InChI is InChI=1S/C20H32O/c1-9-10-21-16(8)20-18(14(4)5)11-17(13(2)3)12-19(20)15(6)7/h9-16H,1-8H3/b10-9+/t16-/m0/s1. The second-order valence-electron chi connectivity index (χ2n) is 6.82. The highest BCUT2D eigenvalue weighted by Crippen LogP contribution is 2.36. The van der Waals surface area contributed by atoms with Crippen LogP contribution in [0, 0.1) is 0 Å². The molecule has 1 atom stereocenters. The van der Waals surface area contributed by atoms with E-state index in [4.69, 9.17) is 4.74 Å². The molecule has 1 aromatic rings. The molecule has 0 heterocycles. The van der Waals surface area contributed by atoms with Gasteiger partial charge in [0, 0.05) is 0 Å². The molecule has 0 spiro atoms.